The Bertz CT molecular complexity index is 775. The molecule has 3 saturated heterocycles. The van der Waals surface area contributed by atoms with Crippen LogP contribution in [0.3, 0.4) is 0 Å². The van der Waals surface area contributed by atoms with Gasteiger partial charge in [-0.3, -0.25) is 4.79 Å². The van der Waals surface area contributed by atoms with Gasteiger partial charge in [-0.05, 0) is 30.7 Å². The van der Waals surface area contributed by atoms with E-state index in [1.54, 1.807) is 9.80 Å². The van der Waals surface area contributed by atoms with Crippen molar-refractivity contribution in [1.29, 1.82) is 0 Å². The number of hydrogen-bond acceptors (Lipinski definition) is 4. The highest BCUT2D eigenvalue weighted by atomic mass is 19.4. The molecule has 0 unspecified atom stereocenters. The van der Waals surface area contributed by atoms with Gasteiger partial charge in [-0.15, -0.1) is 0 Å². The van der Waals surface area contributed by atoms with Crippen LogP contribution >= 0.6 is 0 Å². The predicted octanol–water partition coefficient (Wildman–Crippen LogP) is 3.35. The number of nitrogens with zero attached hydrogens (tertiary/aromatic N) is 2. The smallest absolute Gasteiger partial charge is 0.416 e. The minimum atomic E-state index is -4.37. The van der Waals surface area contributed by atoms with E-state index in [1.165, 1.54) is 12.1 Å². The van der Waals surface area contributed by atoms with E-state index in [0.29, 0.717) is 51.2 Å². The van der Waals surface area contributed by atoms with Crippen LogP contribution in [0, 0.1) is 5.92 Å². The summed E-state index contributed by atoms with van der Waals surface area (Å²) in [6.45, 7) is 2.41. The minimum absolute atomic E-state index is 0.0283. The first-order valence-electron chi connectivity index (χ1n) is 10.3. The summed E-state index contributed by atoms with van der Waals surface area (Å²) < 4.78 is 49.4. The lowest BCUT2D eigenvalue weighted by Gasteiger charge is -2.43. The molecular weight excluding hydrogens is 401 g/mol. The number of urea groups is 1. The highest BCUT2D eigenvalue weighted by Gasteiger charge is 2.38. The first kappa shape index (κ1) is 21.0. The third kappa shape index (κ3) is 4.71. The second kappa shape index (κ2) is 8.45. The van der Waals surface area contributed by atoms with Gasteiger partial charge in [-0.25, -0.2) is 4.79 Å². The van der Waals surface area contributed by atoms with Gasteiger partial charge in [0.2, 0.25) is 0 Å². The largest absolute Gasteiger partial charge is 0.490 e. The van der Waals surface area contributed by atoms with E-state index in [0.717, 1.165) is 18.6 Å². The molecule has 0 radical (unpaired) electrons. The zero-order valence-corrected chi connectivity index (χ0v) is 16.6. The van der Waals surface area contributed by atoms with Gasteiger partial charge in [-0.2, -0.15) is 13.2 Å². The number of Topliss-reactive ketones (excluding diaryl/α,β-unsaturated/α-hetero) is 1. The van der Waals surface area contributed by atoms with Gasteiger partial charge in [0.05, 0.1) is 11.7 Å². The first-order valence-corrected chi connectivity index (χ1v) is 10.3. The number of fused-ring (bicyclic) bond motifs is 1. The van der Waals surface area contributed by atoms with Crippen LogP contribution in [0.5, 0.6) is 5.75 Å². The summed E-state index contributed by atoms with van der Waals surface area (Å²) in [5, 5.41) is 0. The average Bonchev–Trinajstić information content (AvgIpc) is 2.73. The van der Waals surface area contributed by atoms with Crippen molar-refractivity contribution in [2.24, 2.45) is 5.92 Å². The highest BCUT2D eigenvalue weighted by Crippen LogP contribution is 2.31. The molecule has 2 amide bonds. The molecule has 2 atom stereocenters. The molecule has 3 aliphatic heterocycles. The molecule has 4 rings (SSSR count). The van der Waals surface area contributed by atoms with Crippen LogP contribution in [-0.4, -0.2) is 66.6 Å². The summed E-state index contributed by atoms with van der Waals surface area (Å²) in [5.41, 5.74) is -0.705. The van der Waals surface area contributed by atoms with Crippen LogP contribution in [0.2, 0.25) is 0 Å². The fourth-order valence-electron chi connectivity index (χ4n) is 4.43. The molecule has 6 nitrogen and oxygen atoms in total. The molecule has 0 spiro atoms. The molecule has 1 aromatic carbocycles. The minimum Gasteiger partial charge on any atom is -0.490 e. The van der Waals surface area contributed by atoms with Crippen LogP contribution in [0.4, 0.5) is 18.0 Å². The summed E-state index contributed by atoms with van der Waals surface area (Å²) >= 11 is 0. The Balaban J connectivity index is 1.26. The van der Waals surface area contributed by atoms with Crippen molar-refractivity contribution in [2.75, 3.05) is 32.8 Å². The number of ether oxygens (including phenoxy) is 2. The molecule has 1 aromatic rings. The number of piperidine rings is 2. The highest BCUT2D eigenvalue weighted by molar-refractivity contribution is 5.81. The van der Waals surface area contributed by atoms with Gasteiger partial charge < -0.3 is 19.3 Å². The molecule has 164 valence electrons. The molecule has 0 bridgehead atoms. The maximum absolute atomic E-state index is 12.9. The van der Waals surface area contributed by atoms with Crippen molar-refractivity contribution in [3.8, 4) is 5.75 Å². The number of ketones is 1. The first-order chi connectivity index (χ1) is 14.3. The monoisotopic (exact) mass is 426 g/mol. The second-order valence-corrected chi connectivity index (χ2v) is 8.20. The quantitative estimate of drug-likeness (QED) is 0.728. The van der Waals surface area contributed by atoms with Crippen molar-refractivity contribution >= 4 is 11.8 Å². The van der Waals surface area contributed by atoms with E-state index < -0.39 is 11.7 Å². The van der Waals surface area contributed by atoms with E-state index in [1.807, 2.05) is 0 Å². The third-order valence-electron chi connectivity index (χ3n) is 6.08. The van der Waals surface area contributed by atoms with Crippen molar-refractivity contribution in [3.05, 3.63) is 29.8 Å². The standard InChI is InChI=1S/C21H25F3N2O4/c22-21(23,24)15-1-3-17(4-2-15)30-18-5-8-25(9-6-18)20(28)26-10-7-19-14(12-26)11-16(27)13-29-19/h1-4,14,18-19H,5-13H2/t14-,19+/m1/s1. The summed E-state index contributed by atoms with van der Waals surface area (Å²) in [4.78, 5) is 28.1. The SMILES string of the molecule is O=C1CO[C@H]2CCN(C(=O)N3CCC(Oc4ccc(C(F)(F)F)cc4)CC3)C[C@H]2C1. The molecule has 30 heavy (non-hydrogen) atoms. The lowest BCUT2D eigenvalue weighted by molar-refractivity contribution is -0.140. The van der Waals surface area contributed by atoms with Crippen LogP contribution in [0.15, 0.2) is 24.3 Å². The molecular formula is C21H25F3N2O4. The summed E-state index contributed by atoms with van der Waals surface area (Å²) in [7, 11) is 0. The molecule has 0 aromatic heterocycles. The Kier molecular flexibility index (Phi) is 5.90. The van der Waals surface area contributed by atoms with Crippen LogP contribution in [-0.2, 0) is 15.7 Å². The fourth-order valence-corrected chi connectivity index (χ4v) is 4.43. The van der Waals surface area contributed by atoms with Crippen molar-refractivity contribution < 1.29 is 32.2 Å². The maximum Gasteiger partial charge on any atom is 0.416 e. The van der Waals surface area contributed by atoms with Gasteiger partial charge in [-0.1, -0.05) is 0 Å². The van der Waals surface area contributed by atoms with Gasteiger partial charge in [0.15, 0.2) is 5.78 Å². The lowest BCUT2D eigenvalue weighted by atomic mass is 9.88. The molecule has 0 saturated carbocycles. The maximum atomic E-state index is 12.9. The van der Waals surface area contributed by atoms with E-state index in [4.69, 9.17) is 9.47 Å². The zero-order chi connectivity index (χ0) is 21.3. The average molecular weight is 426 g/mol. The number of hydrogen-bond donors (Lipinski definition) is 0. The van der Waals surface area contributed by atoms with Gasteiger partial charge in [0.1, 0.15) is 18.5 Å². The van der Waals surface area contributed by atoms with E-state index >= 15 is 0 Å². The van der Waals surface area contributed by atoms with Crippen molar-refractivity contribution in [2.45, 2.75) is 44.1 Å². The van der Waals surface area contributed by atoms with Gasteiger partial charge in [0, 0.05) is 51.4 Å². The summed E-state index contributed by atoms with van der Waals surface area (Å²) in [6.07, 6.45) is -1.98. The molecule has 3 heterocycles. The number of carbonyl (C=O) groups is 2. The number of halogens is 3. The van der Waals surface area contributed by atoms with Crippen molar-refractivity contribution in [3.63, 3.8) is 0 Å². The van der Waals surface area contributed by atoms with E-state index in [9.17, 15) is 22.8 Å². The molecule has 3 aliphatic rings. The topological polar surface area (TPSA) is 59.1 Å². The Morgan fingerprint density at radius 2 is 1.70 bits per heavy atom. The zero-order valence-electron chi connectivity index (χ0n) is 16.6. The number of rotatable bonds is 2. The van der Waals surface area contributed by atoms with Crippen LogP contribution in [0.1, 0.15) is 31.2 Å². The number of likely N-dealkylation sites (tertiary alicyclic amines) is 2. The Labute approximate surface area is 172 Å². The van der Waals surface area contributed by atoms with Crippen LogP contribution < -0.4 is 4.74 Å². The lowest BCUT2D eigenvalue weighted by Crippen LogP contribution is -2.55. The number of amides is 2. The molecule has 0 N–H and O–H groups in total. The summed E-state index contributed by atoms with van der Waals surface area (Å²) in [5.74, 6) is 0.563. The Morgan fingerprint density at radius 3 is 2.37 bits per heavy atom. The van der Waals surface area contributed by atoms with Gasteiger partial charge in [0.25, 0.3) is 0 Å². The van der Waals surface area contributed by atoms with E-state index in [2.05, 4.69) is 0 Å². The fraction of sp³-hybridized carbons (Fsp3) is 0.619. The number of carbonyl (C=O) groups excluding carboxylic acids is 2. The second-order valence-electron chi connectivity index (χ2n) is 8.20. The Hall–Kier alpha value is -2.29. The molecule has 9 heteroatoms. The normalized spacial score (nSPS) is 25.8. The van der Waals surface area contributed by atoms with Gasteiger partial charge >= 0.3 is 12.2 Å². The number of benzene rings is 1. The Morgan fingerprint density at radius 1 is 1.03 bits per heavy atom. The third-order valence-corrected chi connectivity index (χ3v) is 6.08. The van der Waals surface area contributed by atoms with E-state index in [-0.39, 0.29) is 36.5 Å². The molecule has 3 fully saturated rings. The molecule has 0 aliphatic carbocycles. The van der Waals surface area contributed by atoms with Crippen molar-refractivity contribution in [1.82, 2.24) is 9.80 Å². The summed E-state index contributed by atoms with van der Waals surface area (Å²) in [6, 6.07) is 4.66. The number of alkyl halides is 3. The predicted molar refractivity (Wildman–Crippen MR) is 101 cm³/mol. The van der Waals surface area contributed by atoms with Crippen LogP contribution in [0.25, 0.3) is 0 Å².